The van der Waals surface area contributed by atoms with E-state index in [1.165, 1.54) is 14.9 Å². The van der Waals surface area contributed by atoms with Gasteiger partial charge in [0.15, 0.2) is 0 Å². The summed E-state index contributed by atoms with van der Waals surface area (Å²) < 4.78 is 1.18. The Kier molecular flexibility index (Phi) is 5.87. The molecule has 0 aliphatic rings. The Balaban J connectivity index is 2.75. The Morgan fingerprint density at radius 1 is 1.38 bits per heavy atom. The number of rotatable bonds is 5. The van der Waals surface area contributed by atoms with E-state index in [4.69, 9.17) is 5.73 Å². The fourth-order valence-electron chi connectivity index (χ4n) is 1.47. The molecule has 1 atom stereocenters. The normalized spacial score (nSPS) is 13.1. The minimum atomic E-state index is 0.264. The highest BCUT2D eigenvalue weighted by atomic mass is 79.9. The third-order valence-electron chi connectivity index (χ3n) is 2.40. The second-order valence-electron chi connectivity index (χ2n) is 4.29. The van der Waals surface area contributed by atoms with Crippen molar-refractivity contribution in [3.05, 3.63) is 28.2 Å². The van der Waals surface area contributed by atoms with Crippen LogP contribution in [0, 0.1) is 0 Å². The zero-order chi connectivity index (χ0) is 12.1. The fourth-order valence-corrected chi connectivity index (χ4v) is 3.03. The summed E-state index contributed by atoms with van der Waals surface area (Å²) in [6.07, 6.45) is 1.97. The van der Waals surface area contributed by atoms with Crippen molar-refractivity contribution < 1.29 is 0 Å². The number of halogens is 1. The summed E-state index contributed by atoms with van der Waals surface area (Å²) in [6.45, 7) is 6.54. The molecule has 1 unspecified atom stereocenters. The molecule has 1 aromatic rings. The van der Waals surface area contributed by atoms with Gasteiger partial charge < -0.3 is 5.73 Å². The molecule has 0 saturated heterocycles. The lowest BCUT2D eigenvalue weighted by molar-refractivity contribution is 0.645. The maximum atomic E-state index is 5.97. The van der Waals surface area contributed by atoms with Crippen LogP contribution in [0.2, 0.25) is 0 Å². The van der Waals surface area contributed by atoms with Crippen LogP contribution in [0.15, 0.2) is 27.6 Å². The van der Waals surface area contributed by atoms with Crippen LogP contribution in [-0.2, 0) is 6.42 Å². The van der Waals surface area contributed by atoms with Crippen LogP contribution >= 0.6 is 27.7 Å². The predicted octanol–water partition coefficient (Wildman–Crippen LogP) is 4.23. The van der Waals surface area contributed by atoms with Crippen molar-refractivity contribution in [2.75, 3.05) is 0 Å². The van der Waals surface area contributed by atoms with Gasteiger partial charge in [-0.1, -0.05) is 42.8 Å². The topological polar surface area (TPSA) is 26.0 Å². The van der Waals surface area contributed by atoms with E-state index in [2.05, 4.69) is 54.9 Å². The Morgan fingerprint density at radius 3 is 2.56 bits per heavy atom. The quantitative estimate of drug-likeness (QED) is 0.824. The minimum Gasteiger partial charge on any atom is -0.327 e. The van der Waals surface area contributed by atoms with E-state index in [1.54, 1.807) is 0 Å². The molecule has 2 N–H and O–H groups in total. The molecule has 0 radical (unpaired) electrons. The molecular formula is C13H20BrNS. The first-order valence-electron chi connectivity index (χ1n) is 5.73. The van der Waals surface area contributed by atoms with Gasteiger partial charge in [0.2, 0.25) is 0 Å². The molecule has 0 fully saturated rings. The van der Waals surface area contributed by atoms with Gasteiger partial charge in [-0.05, 0) is 30.5 Å². The van der Waals surface area contributed by atoms with Gasteiger partial charge in [0.1, 0.15) is 0 Å². The van der Waals surface area contributed by atoms with Crippen LogP contribution in [0.5, 0.6) is 0 Å². The lowest BCUT2D eigenvalue weighted by Crippen LogP contribution is -2.21. The molecule has 0 heterocycles. The van der Waals surface area contributed by atoms with Gasteiger partial charge in [0.05, 0.1) is 0 Å². The van der Waals surface area contributed by atoms with Crippen molar-refractivity contribution in [1.82, 2.24) is 0 Å². The molecule has 0 aliphatic heterocycles. The van der Waals surface area contributed by atoms with Gasteiger partial charge >= 0.3 is 0 Å². The summed E-state index contributed by atoms with van der Waals surface area (Å²) in [5.74, 6) is 0. The Morgan fingerprint density at radius 2 is 2.06 bits per heavy atom. The third kappa shape index (κ3) is 4.48. The molecule has 0 spiro atoms. The van der Waals surface area contributed by atoms with Gasteiger partial charge in [-0.15, -0.1) is 11.8 Å². The standard InChI is InChI=1S/C13H20BrNS/c1-4-11(15)7-10-5-6-12(8-13(10)14)16-9(2)3/h5-6,8-9,11H,4,7,15H2,1-3H3. The minimum absolute atomic E-state index is 0.264. The zero-order valence-electron chi connectivity index (χ0n) is 10.2. The summed E-state index contributed by atoms with van der Waals surface area (Å²) in [7, 11) is 0. The van der Waals surface area contributed by atoms with Crippen molar-refractivity contribution in [1.29, 1.82) is 0 Å². The lowest BCUT2D eigenvalue weighted by Gasteiger charge is -2.12. The summed E-state index contributed by atoms with van der Waals surface area (Å²) in [5, 5.41) is 0.621. The second kappa shape index (κ2) is 6.67. The molecule has 0 amide bonds. The second-order valence-corrected chi connectivity index (χ2v) is 6.80. The lowest BCUT2D eigenvalue weighted by atomic mass is 10.1. The summed E-state index contributed by atoms with van der Waals surface area (Å²) in [5.41, 5.74) is 7.27. The smallest absolute Gasteiger partial charge is 0.0219 e. The van der Waals surface area contributed by atoms with E-state index in [-0.39, 0.29) is 6.04 Å². The molecule has 0 aromatic heterocycles. The van der Waals surface area contributed by atoms with Crippen LogP contribution < -0.4 is 5.73 Å². The first kappa shape index (κ1) is 14.1. The van der Waals surface area contributed by atoms with Crippen molar-refractivity contribution in [2.24, 2.45) is 5.73 Å². The number of hydrogen-bond acceptors (Lipinski definition) is 2. The number of thioether (sulfide) groups is 1. The van der Waals surface area contributed by atoms with E-state index in [0.717, 1.165) is 12.8 Å². The fraction of sp³-hybridized carbons (Fsp3) is 0.538. The van der Waals surface area contributed by atoms with Crippen LogP contribution in [0.1, 0.15) is 32.8 Å². The van der Waals surface area contributed by atoms with E-state index >= 15 is 0 Å². The van der Waals surface area contributed by atoms with E-state index < -0.39 is 0 Å². The largest absolute Gasteiger partial charge is 0.327 e. The highest BCUT2D eigenvalue weighted by Crippen LogP contribution is 2.28. The summed E-state index contributed by atoms with van der Waals surface area (Å²) >= 11 is 5.51. The Labute approximate surface area is 111 Å². The van der Waals surface area contributed by atoms with E-state index in [0.29, 0.717) is 5.25 Å². The summed E-state index contributed by atoms with van der Waals surface area (Å²) in [4.78, 5) is 1.32. The van der Waals surface area contributed by atoms with Crippen LogP contribution in [0.25, 0.3) is 0 Å². The van der Waals surface area contributed by atoms with Gasteiger partial charge in [-0.25, -0.2) is 0 Å². The SMILES string of the molecule is CCC(N)Cc1ccc(SC(C)C)cc1Br. The third-order valence-corrected chi connectivity index (χ3v) is 4.14. The van der Waals surface area contributed by atoms with Gasteiger partial charge in [-0.2, -0.15) is 0 Å². The highest BCUT2D eigenvalue weighted by molar-refractivity contribution is 9.10. The van der Waals surface area contributed by atoms with Crippen molar-refractivity contribution >= 4 is 27.7 Å². The van der Waals surface area contributed by atoms with Gasteiger partial charge in [0.25, 0.3) is 0 Å². The van der Waals surface area contributed by atoms with Crippen LogP contribution in [0.4, 0.5) is 0 Å². The molecule has 1 rings (SSSR count). The monoisotopic (exact) mass is 301 g/mol. The summed E-state index contributed by atoms with van der Waals surface area (Å²) in [6, 6.07) is 6.83. The van der Waals surface area contributed by atoms with Crippen LogP contribution in [-0.4, -0.2) is 11.3 Å². The zero-order valence-corrected chi connectivity index (χ0v) is 12.6. The van der Waals surface area contributed by atoms with Gasteiger partial charge in [-0.3, -0.25) is 0 Å². The molecule has 0 aliphatic carbocycles. The molecule has 0 saturated carbocycles. The van der Waals surface area contributed by atoms with Crippen LogP contribution in [0.3, 0.4) is 0 Å². The average molecular weight is 302 g/mol. The molecule has 16 heavy (non-hydrogen) atoms. The average Bonchev–Trinajstić information content (AvgIpc) is 2.21. The highest BCUT2D eigenvalue weighted by Gasteiger charge is 2.07. The van der Waals surface area contributed by atoms with Crippen molar-refractivity contribution in [3.63, 3.8) is 0 Å². The van der Waals surface area contributed by atoms with E-state index in [1.807, 2.05) is 11.8 Å². The molecule has 0 bridgehead atoms. The van der Waals surface area contributed by atoms with Crippen molar-refractivity contribution in [3.8, 4) is 0 Å². The van der Waals surface area contributed by atoms with E-state index in [9.17, 15) is 0 Å². The van der Waals surface area contributed by atoms with Gasteiger partial charge in [0, 0.05) is 20.7 Å². The predicted molar refractivity (Wildman–Crippen MR) is 77.1 cm³/mol. The van der Waals surface area contributed by atoms with Crippen molar-refractivity contribution in [2.45, 2.75) is 49.8 Å². The molecule has 1 aromatic carbocycles. The Hall–Kier alpha value is 0.01000. The first-order chi connectivity index (χ1) is 7.52. The Bertz CT molecular complexity index is 339. The molecule has 1 nitrogen and oxygen atoms in total. The first-order valence-corrected chi connectivity index (χ1v) is 7.40. The number of benzene rings is 1. The number of hydrogen-bond donors (Lipinski definition) is 1. The maximum absolute atomic E-state index is 5.97. The molecule has 90 valence electrons. The maximum Gasteiger partial charge on any atom is 0.0219 e. The number of nitrogens with two attached hydrogens (primary N) is 1. The molecule has 3 heteroatoms. The molecular weight excluding hydrogens is 282 g/mol.